The van der Waals surface area contributed by atoms with Gasteiger partial charge in [-0.15, -0.1) is 0 Å². The highest BCUT2D eigenvalue weighted by atomic mass is 35.5. The molecule has 1 saturated heterocycles. The Bertz CT molecular complexity index is 1140. The lowest BCUT2D eigenvalue weighted by molar-refractivity contribution is 0.0630. The largest absolute Gasteiger partial charge is 0.496 e. The van der Waals surface area contributed by atoms with Crippen LogP contribution in [0.5, 0.6) is 11.5 Å². The zero-order valence-corrected chi connectivity index (χ0v) is 17.9. The van der Waals surface area contributed by atoms with E-state index in [0.29, 0.717) is 57.3 Å². The van der Waals surface area contributed by atoms with Gasteiger partial charge in [0, 0.05) is 35.7 Å². The Labute approximate surface area is 179 Å². The van der Waals surface area contributed by atoms with Crippen molar-refractivity contribution in [3.8, 4) is 22.8 Å². The topological polar surface area (TPSA) is 72.1 Å². The number of benzene rings is 2. The summed E-state index contributed by atoms with van der Waals surface area (Å²) in [5, 5.41) is 11.6. The summed E-state index contributed by atoms with van der Waals surface area (Å²) >= 11 is 6.35. The Kier molecular flexibility index (Phi) is 5.73. The van der Waals surface area contributed by atoms with Crippen molar-refractivity contribution in [2.75, 3.05) is 34.4 Å². The first-order chi connectivity index (χ1) is 14.4. The van der Waals surface area contributed by atoms with E-state index in [4.69, 9.17) is 25.5 Å². The maximum Gasteiger partial charge on any atom is 0.197 e. The SMILES string of the molecule is COc1cc(OC)c2c(=O)cc(-c3ccccc3Cl)oc2c1[C@H]1CCN(C)C[C@H]1O. The number of hydrogen-bond donors (Lipinski definition) is 1. The van der Waals surface area contributed by atoms with E-state index in [1.165, 1.54) is 13.2 Å². The molecule has 0 saturated carbocycles. The Morgan fingerprint density at radius 3 is 2.57 bits per heavy atom. The van der Waals surface area contributed by atoms with Crippen LogP contribution in [0.25, 0.3) is 22.3 Å². The zero-order valence-electron chi connectivity index (χ0n) is 17.1. The highest BCUT2D eigenvalue weighted by Crippen LogP contribution is 2.43. The Morgan fingerprint density at radius 1 is 1.17 bits per heavy atom. The molecule has 0 radical (unpaired) electrons. The Morgan fingerprint density at radius 2 is 1.90 bits per heavy atom. The number of aliphatic hydroxyl groups is 1. The second-order valence-electron chi connectivity index (χ2n) is 7.58. The molecule has 6 nitrogen and oxygen atoms in total. The van der Waals surface area contributed by atoms with E-state index in [-0.39, 0.29) is 11.3 Å². The molecule has 2 atom stereocenters. The van der Waals surface area contributed by atoms with Crippen LogP contribution in [0.15, 0.2) is 45.6 Å². The van der Waals surface area contributed by atoms with E-state index in [1.54, 1.807) is 25.3 Å². The summed E-state index contributed by atoms with van der Waals surface area (Å²) in [6.07, 6.45) is 0.0821. The summed E-state index contributed by atoms with van der Waals surface area (Å²) in [5.41, 5.74) is 1.42. The molecule has 0 unspecified atom stereocenters. The number of halogens is 1. The van der Waals surface area contributed by atoms with Gasteiger partial charge >= 0.3 is 0 Å². The van der Waals surface area contributed by atoms with E-state index in [2.05, 4.69) is 4.90 Å². The lowest BCUT2D eigenvalue weighted by Gasteiger charge is -2.34. The average Bonchev–Trinajstić information content (AvgIpc) is 2.73. The second kappa shape index (κ2) is 8.30. The maximum absolute atomic E-state index is 13.1. The first-order valence-corrected chi connectivity index (χ1v) is 10.2. The van der Waals surface area contributed by atoms with Crippen LogP contribution >= 0.6 is 11.6 Å². The molecule has 7 heteroatoms. The molecule has 30 heavy (non-hydrogen) atoms. The standard InChI is InChI=1S/C23H24ClNO5/c1-25-9-8-14(17(27)12-25)21-19(28-2)11-20(29-3)22-16(26)10-18(30-23(21)22)13-6-4-5-7-15(13)24/h4-7,10-11,14,17,27H,8-9,12H2,1-3H3/t14-,17+/m0/s1. The van der Waals surface area contributed by atoms with E-state index in [0.717, 1.165) is 6.54 Å². The smallest absolute Gasteiger partial charge is 0.197 e. The first-order valence-electron chi connectivity index (χ1n) is 9.78. The Balaban J connectivity index is 2.04. The van der Waals surface area contributed by atoms with Gasteiger partial charge in [-0.2, -0.15) is 0 Å². The van der Waals surface area contributed by atoms with Crippen LogP contribution in [-0.4, -0.2) is 50.5 Å². The van der Waals surface area contributed by atoms with Crippen molar-refractivity contribution >= 4 is 22.6 Å². The molecule has 0 spiro atoms. The average molecular weight is 430 g/mol. The van der Waals surface area contributed by atoms with Gasteiger partial charge in [0.25, 0.3) is 0 Å². The normalized spacial score (nSPS) is 19.8. The molecular weight excluding hydrogens is 406 g/mol. The summed E-state index contributed by atoms with van der Waals surface area (Å²) in [5.74, 6) is 1.01. The third kappa shape index (κ3) is 3.55. The summed E-state index contributed by atoms with van der Waals surface area (Å²) in [7, 11) is 5.03. The lowest BCUT2D eigenvalue weighted by Crippen LogP contribution is -2.40. The van der Waals surface area contributed by atoms with Gasteiger partial charge in [-0.3, -0.25) is 4.79 Å². The summed E-state index contributed by atoms with van der Waals surface area (Å²) in [6, 6.07) is 10.3. The van der Waals surface area contributed by atoms with Gasteiger partial charge in [0.15, 0.2) is 5.43 Å². The molecule has 1 aliphatic rings. The van der Waals surface area contributed by atoms with Gasteiger partial charge in [-0.1, -0.05) is 23.7 Å². The number of likely N-dealkylation sites (tertiary alicyclic amines) is 1. The van der Waals surface area contributed by atoms with E-state index in [9.17, 15) is 9.90 Å². The molecule has 3 aromatic rings. The molecule has 2 heterocycles. The Hall–Kier alpha value is -2.54. The third-order valence-electron chi connectivity index (χ3n) is 5.70. The number of nitrogens with zero attached hydrogens (tertiary/aromatic N) is 1. The quantitative estimate of drug-likeness (QED) is 0.678. The molecule has 0 bridgehead atoms. The molecule has 0 aliphatic carbocycles. The minimum atomic E-state index is -0.622. The van der Waals surface area contributed by atoms with Crippen LogP contribution < -0.4 is 14.9 Å². The number of rotatable bonds is 4. The van der Waals surface area contributed by atoms with Crippen LogP contribution in [0.1, 0.15) is 17.9 Å². The van der Waals surface area contributed by atoms with E-state index < -0.39 is 6.10 Å². The lowest BCUT2D eigenvalue weighted by atomic mass is 9.85. The fourth-order valence-electron chi connectivity index (χ4n) is 4.20. The number of fused-ring (bicyclic) bond motifs is 1. The molecule has 4 rings (SSSR count). The molecule has 0 amide bonds. The molecule has 1 aromatic heterocycles. The van der Waals surface area contributed by atoms with Crippen LogP contribution in [0.2, 0.25) is 5.02 Å². The monoisotopic (exact) mass is 429 g/mol. The predicted octanol–water partition coefficient (Wildman–Crippen LogP) is 3.91. The molecule has 2 aromatic carbocycles. The van der Waals surface area contributed by atoms with Crippen LogP contribution in [-0.2, 0) is 0 Å². The number of likely N-dealkylation sites (N-methyl/N-ethyl adjacent to an activating group) is 1. The summed E-state index contributed by atoms with van der Waals surface area (Å²) in [4.78, 5) is 15.2. The van der Waals surface area contributed by atoms with Crippen molar-refractivity contribution < 1.29 is 19.0 Å². The predicted molar refractivity (Wildman–Crippen MR) is 117 cm³/mol. The number of ether oxygens (including phenoxy) is 2. The van der Waals surface area contributed by atoms with Gasteiger partial charge in [0.05, 0.1) is 25.3 Å². The second-order valence-corrected chi connectivity index (χ2v) is 7.99. The van der Waals surface area contributed by atoms with Gasteiger partial charge in [-0.05, 0) is 32.1 Å². The van der Waals surface area contributed by atoms with Crippen molar-refractivity contribution in [3.63, 3.8) is 0 Å². The van der Waals surface area contributed by atoms with Gasteiger partial charge in [-0.25, -0.2) is 0 Å². The number of aliphatic hydroxyl groups excluding tert-OH is 1. The summed E-state index contributed by atoms with van der Waals surface area (Å²) < 4.78 is 17.4. The molecule has 1 N–H and O–H groups in total. The van der Waals surface area contributed by atoms with Crippen molar-refractivity contribution in [2.24, 2.45) is 0 Å². The van der Waals surface area contributed by atoms with Crippen molar-refractivity contribution in [3.05, 3.63) is 57.2 Å². The highest BCUT2D eigenvalue weighted by Gasteiger charge is 2.33. The van der Waals surface area contributed by atoms with Gasteiger partial charge in [0.1, 0.15) is 28.2 Å². The number of piperidine rings is 1. The van der Waals surface area contributed by atoms with E-state index in [1.807, 2.05) is 19.2 Å². The molecular formula is C23H24ClNO5. The number of methoxy groups -OCH3 is 2. The van der Waals surface area contributed by atoms with Crippen LogP contribution in [0, 0.1) is 0 Å². The van der Waals surface area contributed by atoms with Gasteiger partial charge < -0.3 is 23.9 Å². The minimum absolute atomic E-state index is 0.241. The molecule has 1 aliphatic heterocycles. The zero-order chi connectivity index (χ0) is 21.4. The van der Waals surface area contributed by atoms with Crippen molar-refractivity contribution in [1.82, 2.24) is 4.90 Å². The minimum Gasteiger partial charge on any atom is -0.496 e. The first kappa shape index (κ1) is 20.7. The fourth-order valence-corrected chi connectivity index (χ4v) is 4.43. The van der Waals surface area contributed by atoms with Gasteiger partial charge in [0.2, 0.25) is 0 Å². The van der Waals surface area contributed by atoms with Crippen molar-refractivity contribution in [2.45, 2.75) is 18.4 Å². The van der Waals surface area contributed by atoms with Crippen molar-refractivity contribution in [1.29, 1.82) is 0 Å². The number of hydrogen-bond acceptors (Lipinski definition) is 6. The molecule has 158 valence electrons. The molecule has 1 fully saturated rings. The summed E-state index contributed by atoms with van der Waals surface area (Å²) in [6.45, 7) is 1.34. The fraction of sp³-hybridized carbons (Fsp3) is 0.348. The highest BCUT2D eigenvalue weighted by molar-refractivity contribution is 6.33. The maximum atomic E-state index is 13.1. The van der Waals surface area contributed by atoms with E-state index >= 15 is 0 Å². The third-order valence-corrected chi connectivity index (χ3v) is 6.03. The van der Waals surface area contributed by atoms with Crippen LogP contribution in [0.3, 0.4) is 0 Å². The van der Waals surface area contributed by atoms with Crippen LogP contribution in [0.4, 0.5) is 0 Å². The number of β-amino-alcohol motifs (C(OH)–C–C–N with tert-alkyl or cyclic N) is 1.